The zero-order chi connectivity index (χ0) is 17.4. The Labute approximate surface area is 144 Å². The Morgan fingerprint density at radius 1 is 0.875 bits per heavy atom. The predicted molar refractivity (Wildman–Crippen MR) is 83.5 cm³/mol. The first-order valence-electron chi connectivity index (χ1n) is 6.90. The van der Waals surface area contributed by atoms with Gasteiger partial charge in [-0.1, -0.05) is 23.2 Å². The van der Waals surface area contributed by atoms with Crippen molar-refractivity contribution in [2.45, 2.75) is 13.8 Å². The molecule has 3 aromatic rings. The molecule has 0 unspecified atom stereocenters. The van der Waals surface area contributed by atoms with E-state index in [9.17, 15) is 9.59 Å². The van der Waals surface area contributed by atoms with Crippen LogP contribution in [0.25, 0.3) is 22.2 Å². The van der Waals surface area contributed by atoms with E-state index in [0.29, 0.717) is 0 Å². The molecule has 0 N–H and O–H groups in total. The van der Waals surface area contributed by atoms with Crippen LogP contribution in [0.1, 0.15) is 35.2 Å². The first-order chi connectivity index (χ1) is 11.5. The molecule has 2 heterocycles. The second-order valence-corrected chi connectivity index (χ2v) is 5.22. The molecule has 2 aromatic heterocycles. The Kier molecular flexibility index (Phi) is 4.33. The normalized spacial score (nSPS) is 11.2. The highest BCUT2D eigenvalue weighted by Gasteiger charge is 2.27. The van der Waals surface area contributed by atoms with Gasteiger partial charge in [0.25, 0.3) is 0 Å². The monoisotopic (exact) mass is 372 g/mol. The molecular formula is C14H10Cl2N2O6. The number of ether oxygens (including phenoxy) is 2. The lowest BCUT2D eigenvalue weighted by molar-refractivity contribution is 0.0475. The summed E-state index contributed by atoms with van der Waals surface area (Å²) in [6, 6.07) is 0. The first kappa shape index (κ1) is 16.5. The van der Waals surface area contributed by atoms with Gasteiger partial charge in [-0.05, 0) is 13.8 Å². The van der Waals surface area contributed by atoms with E-state index in [0.717, 1.165) is 0 Å². The molecule has 0 aliphatic carbocycles. The van der Waals surface area contributed by atoms with Crippen LogP contribution >= 0.6 is 23.2 Å². The summed E-state index contributed by atoms with van der Waals surface area (Å²) < 4.78 is 20.3. The number of aromatic nitrogens is 2. The lowest BCUT2D eigenvalue weighted by atomic mass is 10.3. The lowest BCUT2D eigenvalue weighted by Crippen LogP contribution is -2.04. The summed E-state index contributed by atoms with van der Waals surface area (Å²) in [5, 5.41) is 0.0125. The second-order valence-electron chi connectivity index (χ2n) is 4.46. The van der Waals surface area contributed by atoms with Crippen molar-refractivity contribution in [3.05, 3.63) is 21.8 Å². The van der Waals surface area contributed by atoms with Crippen LogP contribution in [0.2, 0.25) is 10.0 Å². The Morgan fingerprint density at radius 3 is 1.58 bits per heavy atom. The Bertz CT molecular complexity index is 831. The van der Waals surface area contributed by atoms with Crippen molar-refractivity contribution in [3.63, 3.8) is 0 Å². The van der Waals surface area contributed by atoms with Crippen molar-refractivity contribution >= 4 is 57.3 Å². The highest BCUT2D eigenvalue weighted by molar-refractivity contribution is 6.45. The molecular weight excluding hydrogens is 363 g/mol. The van der Waals surface area contributed by atoms with E-state index in [-0.39, 0.29) is 57.2 Å². The van der Waals surface area contributed by atoms with Gasteiger partial charge in [0, 0.05) is 0 Å². The first-order valence-corrected chi connectivity index (χ1v) is 7.65. The second kappa shape index (κ2) is 6.29. The highest BCUT2D eigenvalue weighted by atomic mass is 35.5. The fourth-order valence-electron chi connectivity index (χ4n) is 2.01. The van der Waals surface area contributed by atoms with Gasteiger partial charge in [0.1, 0.15) is 21.1 Å². The molecule has 0 saturated heterocycles. The van der Waals surface area contributed by atoms with Crippen LogP contribution in [0.5, 0.6) is 0 Å². The van der Waals surface area contributed by atoms with Crippen molar-refractivity contribution in [3.8, 4) is 0 Å². The topological polar surface area (TPSA) is 105 Å². The largest absolute Gasteiger partial charge is 0.459 e. The number of esters is 2. The number of nitrogens with zero attached hydrogens (tertiary/aromatic N) is 2. The molecule has 0 fully saturated rings. The van der Waals surface area contributed by atoms with E-state index < -0.39 is 11.9 Å². The molecule has 3 rings (SSSR count). The molecule has 0 radical (unpaired) electrons. The average Bonchev–Trinajstić information content (AvgIpc) is 3.18. The number of hydrogen-bond acceptors (Lipinski definition) is 8. The van der Waals surface area contributed by atoms with Crippen LogP contribution in [-0.2, 0) is 9.47 Å². The van der Waals surface area contributed by atoms with Gasteiger partial charge >= 0.3 is 23.7 Å². The maximum Gasteiger partial charge on any atom is 0.394 e. The number of fused-ring (bicyclic) bond motifs is 2. The van der Waals surface area contributed by atoms with E-state index in [2.05, 4.69) is 9.97 Å². The van der Waals surface area contributed by atoms with Crippen LogP contribution in [0.3, 0.4) is 0 Å². The Hall–Kier alpha value is -2.32. The highest BCUT2D eigenvalue weighted by Crippen LogP contribution is 2.39. The van der Waals surface area contributed by atoms with Crippen LogP contribution in [-0.4, -0.2) is 35.1 Å². The van der Waals surface area contributed by atoms with Crippen molar-refractivity contribution < 1.29 is 27.9 Å². The zero-order valence-corrected chi connectivity index (χ0v) is 14.0. The zero-order valence-electron chi connectivity index (χ0n) is 12.5. The van der Waals surface area contributed by atoms with Crippen LogP contribution in [0.4, 0.5) is 0 Å². The summed E-state index contributed by atoms with van der Waals surface area (Å²) in [5.74, 6) is -2.10. The summed E-state index contributed by atoms with van der Waals surface area (Å²) in [4.78, 5) is 31.4. The predicted octanol–water partition coefficient (Wildman–Crippen LogP) is 3.63. The van der Waals surface area contributed by atoms with Gasteiger partial charge in [0.05, 0.1) is 13.2 Å². The van der Waals surface area contributed by atoms with Crippen molar-refractivity contribution in [2.24, 2.45) is 0 Å². The molecule has 8 nitrogen and oxygen atoms in total. The van der Waals surface area contributed by atoms with E-state index in [1.807, 2.05) is 0 Å². The molecule has 0 saturated carbocycles. The van der Waals surface area contributed by atoms with E-state index in [1.54, 1.807) is 13.8 Å². The molecule has 0 aliphatic rings. The van der Waals surface area contributed by atoms with Crippen LogP contribution in [0.15, 0.2) is 8.83 Å². The molecule has 1 aromatic carbocycles. The quantitative estimate of drug-likeness (QED) is 0.639. The van der Waals surface area contributed by atoms with E-state index >= 15 is 0 Å². The summed E-state index contributed by atoms with van der Waals surface area (Å²) in [6.45, 7) is 3.61. The third-order valence-electron chi connectivity index (χ3n) is 2.97. The molecule has 0 aliphatic heterocycles. The Balaban J connectivity index is 2.19. The number of rotatable bonds is 4. The minimum Gasteiger partial charge on any atom is -0.459 e. The van der Waals surface area contributed by atoms with Gasteiger partial charge in [0.15, 0.2) is 11.2 Å². The van der Waals surface area contributed by atoms with Gasteiger partial charge in [-0.25, -0.2) is 19.6 Å². The fourth-order valence-corrected chi connectivity index (χ4v) is 2.52. The summed E-state index contributed by atoms with van der Waals surface area (Å²) in [6.07, 6.45) is 0. The summed E-state index contributed by atoms with van der Waals surface area (Å²) in [5.41, 5.74) is 0.286. The van der Waals surface area contributed by atoms with Crippen LogP contribution < -0.4 is 0 Å². The smallest absolute Gasteiger partial charge is 0.394 e. The lowest BCUT2D eigenvalue weighted by Gasteiger charge is -1.95. The summed E-state index contributed by atoms with van der Waals surface area (Å²) in [7, 11) is 0. The number of carbonyl (C=O) groups is 2. The SMILES string of the molecule is CCOC(=O)c1nc2c(Cl)c3oc(C(=O)OCC)nc3c(Cl)c2o1. The van der Waals surface area contributed by atoms with Gasteiger partial charge < -0.3 is 18.3 Å². The minimum absolute atomic E-state index is 0.00625. The molecule has 0 spiro atoms. The standard InChI is InChI=1S/C14H10Cl2N2O6/c1-3-21-13(19)11-17-7-5(15)10-8(6(16)9(7)23-11)18-12(24-10)14(20)22-4-2/h3-4H2,1-2H3. The molecule has 0 atom stereocenters. The molecule has 126 valence electrons. The molecule has 24 heavy (non-hydrogen) atoms. The third-order valence-corrected chi connectivity index (χ3v) is 3.67. The number of hydrogen-bond donors (Lipinski definition) is 0. The van der Waals surface area contributed by atoms with Gasteiger partial charge in [-0.3, -0.25) is 0 Å². The van der Waals surface area contributed by atoms with Crippen LogP contribution in [0, 0.1) is 0 Å². The maximum atomic E-state index is 11.7. The van der Waals surface area contributed by atoms with Crippen molar-refractivity contribution in [1.82, 2.24) is 9.97 Å². The van der Waals surface area contributed by atoms with E-state index in [4.69, 9.17) is 41.5 Å². The number of halogens is 2. The Morgan fingerprint density at radius 2 is 1.25 bits per heavy atom. The molecule has 0 amide bonds. The number of benzene rings is 1. The molecule has 10 heteroatoms. The van der Waals surface area contributed by atoms with Gasteiger partial charge in [-0.15, -0.1) is 0 Å². The third kappa shape index (κ3) is 2.57. The summed E-state index contributed by atoms with van der Waals surface area (Å²) >= 11 is 12.4. The molecule has 0 bridgehead atoms. The van der Waals surface area contributed by atoms with Crippen molar-refractivity contribution in [2.75, 3.05) is 13.2 Å². The fraction of sp³-hybridized carbons (Fsp3) is 0.286. The average molecular weight is 373 g/mol. The van der Waals surface area contributed by atoms with Gasteiger partial charge in [-0.2, -0.15) is 0 Å². The van der Waals surface area contributed by atoms with Crippen molar-refractivity contribution in [1.29, 1.82) is 0 Å². The maximum absolute atomic E-state index is 11.7. The van der Waals surface area contributed by atoms with E-state index in [1.165, 1.54) is 0 Å². The number of carbonyl (C=O) groups excluding carboxylic acids is 2. The minimum atomic E-state index is -0.752. The number of oxazole rings is 2. The van der Waals surface area contributed by atoms with Gasteiger partial charge in [0.2, 0.25) is 0 Å².